The Labute approximate surface area is 113 Å². The molecule has 0 spiro atoms. The summed E-state index contributed by atoms with van der Waals surface area (Å²) in [5.74, 6) is 1.83. The molecular weight excluding hydrogens is 248 g/mol. The molecule has 1 unspecified atom stereocenters. The Morgan fingerprint density at radius 2 is 2.11 bits per heavy atom. The summed E-state index contributed by atoms with van der Waals surface area (Å²) in [6.45, 7) is 4.08. The minimum Gasteiger partial charge on any atom is -0.496 e. The fourth-order valence-electron chi connectivity index (χ4n) is 2.10. The molecule has 1 aromatic heterocycles. The summed E-state index contributed by atoms with van der Waals surface area (Å²) in [5, 5.41) is -0.177. The van der Waals surface area contributed by atoms with Gasteiger partial charge in [0.15, 0.2) is 0 Å². The quantitative estimate of drug-likeness (QED) is 0.760. The van der Waals surface area contributed by atoms with E-state index in [1.807, 2.05) is 25.1 Å². The van der Waals surface area contributed by atoms with E-state index in [1.165, 1.54) is 0 Å². The molecule has 1 heterocycles. The molecule has 0 radical (unpaired) electrons. The minimum absolute atomic E-state index is 0.177. The highest BCUT2D eigenvalue weighted by Gasteiger charge is 2.17. The van der Waals surface area contributed by atoms with Gasteiger partial charge >= 0.3 is 0 Å². The number of hydrogen-bond donors (Lipinski definition) is 0. The standard InChI is InChI=1S/C15H17ClO2/c1-4-13-12(7-8-18-13)15(16)11-5-6-14(17-3)10(2)9-11/h5-9,15H,4H2,1-3H3. The number of halogens is 1. The molecular formula is C15H17ClO2. The minimum atomic E-state index is -0.177. The van der Waals surface area contributed by atoms with Gasteiger partial charge < -0.3 is 9.15 Å². The molecule has 1 aromatic carbocycles. The van der Waals surface area contributed by atoms with Crippen molar-refractivity contribution in [1.82, 2.24) is 0 Å². The second-order valence-corrected chi connectivity index (χ2v) is 4.68. The van der Waals surface area contributed by atoms with Crippen LogP contribution in [0.4, 0.5) is 0 Å². The molecule has 0 aliphatic carbocycles. The van der Waals surface area contributed by atoms with Gasteiger partial charge in [-0.05, 0) is 30.2 Å². The van der Waals surface area contributed by atoms with Gasteiger partial charge in [0.25, 0.3) is 0 Å². The van der Waals surface area contributed by atoms with Crippen LogP contribution in [0.1, 0.15) is 34.8 Å². The van der Waals surface area contributed by atoms with Crippen molar-refractivity contribution < 1.29 is 9.15 Å². The Morgan fingerprint density at radius 3 is 2.72 bits per heavy atom. The van der Waals surface area contributed by atoms with Crippen LogP contribution in [0.2, 0.25) is 0 Å². The lowest BCUT2D eigenvalue weighted by molar-refractivity contribution is 0.411. The number of aryl methyl sites for hydroxylation is 2. The molecule has 0 aliphatic heterocycles. The van der Waals surface area contributed by atoms with Crippen molar-refractivity contribution in [3.63, 3.8) is 0 Å². The second kappa shape index (κ2) is 5.49. The summed E-state index contributed by atoms with van der Waals surface area (Å²) in [4.78, 5) is 0. The van der Waals surface area contributed by atoms with E-state index in [9.17, 15) is 0 Å². The van der Waals surface area contributed by atoms with Crippen LogP contribution in [0.5, 0.6) is 5.75 Å². The third-order valence-corrected chi connectivity index (χ3v) is 3.57. The third-order valence-electron chi connectivity index (χ3n) is 3.09. The molecule has 0 saturated heterocycles. The lowest BCUT2D eigenvalue weighted by Gasteiger charge is -2.12. The van der Waals surface area contributed by atoms with E-state index in [2.05, 4.69) is 13.0 Å². The van der Waals surface area contributed by atoms with Crippen molar-refractivity contribution in [2.24, 2.45) is 0 Å². The predicted molar refractivity (Wildman–Crippen MR) is 73.5 cm³/mol. The zero-order valence-electron chi connectivity index (χ0n) is 10.9. The highest BCUT2D eigenvalue weighted by Crippen LogP contribution is 2.34. The summed E-state index contributed by atoms with van der Waals surface area (Å²) in [6.07, 6.45) is 2.54. The number of methoxy groups -OCH3 is 1. The van der Waals surface area contributed by atoms with Gasteiger partial charge in [0.05, 0.1) is 18.8 Å². The molecule has 2 aromatic rings. The first-order valence-electron chi connectivity index (χ1n) is 6.02. The molecule has 0 saturated carbocycles. The van der Waals surface area contributed by atoms with Crippen LogP contribution in [0, 0.1) is 6.92 Å². The van der Waals surface area contributed by atoms with Crippen molar-refractivity contribution in [3.05, 3.63) is 53.0 Å². The van der Waals surface area contributed by atoms with Gasteiger partial charge in [0.1, 0.15) is 11.5 Å². The lowest BCUT2D eigenvalue weighted by Crippen LogP contribution is -1.97. The smallest absolute Gasteiger partial charge is 0.121 e. The van der Waals surface area contributed by atoms with E-state index >= 15 is 0 Å². The summed E-state index contributed by atoms with van der Waals surface area (Å²) in [7, 11) is 1.67. The normalized spacial score (nSPS) is 12.4. The Bertz CT molecular complexity index is 531. The van der Waals surface area contributed by atoms with Gasteiger partial charge in [-0.1, -0.05) is 19.1 Å². The van der Waals surface area contributed by atoms with Crippen molar-refractivity contribution in [1.29, 1.82) is 0 Å². The van der Waals surface area contributed by atoms with Crippen LogP contribution in [0.15, 0.2) is 34.9 Å². The molecule has 1 atom stereocenters. The summed E-state index contributed by atoms with van der Waals surface area (Å²) in [5.41, 5.74) is 3.19. The Hall–Kier alpha value is -1.41. The molecule has 2 nitrogen and oxygen atoms in total. The Balaban J connectivity index is 2.34. The number of benzene rings is 1. The molecule has 0 amide bonds. The first-order chi connectivity index (χ1) is 8.67. The molecule has 96 valence electrons. The molecule has 0 fully saturated rings. The molecule has 0 bridgehead atoms. The number of ether oxygens (including phenoxy) is 1. The van der Waals surface area contributed by atoms with Gasteiger partial charge in [-0.2, -0.15) is 0 Å². The van der Waals surface area contributed by atoms with Crippen LogP contribution in [0.3, 0.4) is 0 Å². The van der Waals surface area contributed by atoms with Crippen molar-refractivity contribution in [2.75, 3.05) is 7.11 Å². The van der Waals surface area contributed by atoms with Crippen LogP contribution in [0.25, 0.3) is 0 Å². The molecule has 18 heavy (non-hydrogen) atoms. The number of hydrogen-bond acceptors (Lipinski definition) is 2. The Morgan fingerprint density at radius 1 is 1.33 bits per heavy atom. The zero-order chi connectivity index (χ0) is 13.1. The fourth-order valence-corrected chi connectivity index (χ4v) is 2.43. The average molecular weight is 265 g/mol. The highest BCUT2D eigenvalue weighted by atomic mass is 35.5. The number of rotatable bonds is 4. The maximum Gasteiger partial charge on any atom is 0.121 e. The van der Waals surface area contributed by atoms with E-state index in [4.69, 9.17) is 20.8 Å². The van der Waals surface area contributed by atoms with Crippen molar-refractivity contribution >= 4 is 11.6 Å². The lowest BCUT2D eigenvalue weighted by atomic mass is 10.0. The van der Waals surface area contributed by atoms with E-state index in [1.54, 1.807) is 13.4 Å². The van der Waals surface area contributed by atoms with Crippen LogP contribution in [-0.2, 0) is 6.42 Å². The summed E-state index contributed by atoms with van der Waals surface area (Å²) < 4.78 is 10.7. The van der Waals surface area contributed by atoms with E-state index in [0.717, 1.165) is 34.6 Å². The molecule has 3 heteroatoms. The van der Waals surface area contributed by atoms with Gasteiger partial charge in [-0.3, -0.25) is 0 Å². The monoisotopic (exact) mass is 264 g/mol. The first kappa shape index (κ1) is 13.0. The first-order valence-corrected chi connectivity index (χ1v) is 6.45. The number of alkyl halides is 1. The van der Waals surface area contributed by atoms with E-state index in [0.29, 0.717) is 0 Å². The predicted octanol–water partition coefficient (Wildman–Crippen LogP) is 4.49. The Kier molecular flexibility index (Phi) is 3.97. The maximum atomic E-state index is 6.52. The third kappa shape index (κ3) is 2.39. The SMILES string of the molecule is CCc1occc1C(Cl)c1ccc(OC)c(C)c1. The van der Waals surface area contributed by atoms with Crippen LogP contribution in [-0.4, -0.2) is 7.11 Å². The second-order valence-electron chi connectivity index (χ2n) is 4.24. The maximum absolute atomic E-state index is 6.52. The summed E-state index contributed by atoms with van der Waals surface area (Å²) >= 11 is 6.52. The van der Waals surface area contributed by atoms with E-state index in [-0.39, 0.29) is 5.38 Å². The van der Waals surface area contributed by atoms with Gasteiger partial charge in [-0.25, -0.2) is 0 Å². The zero-order valence-corrected chi connectivity index (χ0v) is 11.6. The highest BCUT2D eigenvalue weighted by molar-refractivity contribution is 6.22. The largest absolute Gasteiger partial charge is 0.496 e. The van der Waals surface area contributed by atoms with E-state index < -0.39 is 0 Å². The van der Waals surface area contributed by atoms with Gasteiger partial charge in [0.2, 0.25) is 0 Å². The topological polar surface area (TPSA) is 22.4 Å². The van der Waals surface area contributed by atoms with Crippen LogP contribution < -0.4 is 4.74 Å². The van der Waals surface area contributed by atoms with Gasteiger partial charge in [-0.15, -0.1) is 11.6 Å². The van der Waals surface area contributed by atoms with Crippen molar-refractivity contribution in [3.8, 4) is 5.75 Å². The molecule has 0 aliphatic rings. The average Bonchev–Trinajstić information content (AvgIpc) is 2.86. The molecule has 2 rings (SSSR count). The van der Waals surface area contributed by atoms with Crippen molar-refractivity contribution in [2.45, 2.75) is 25.6 Å². The summed E-state index contributed by atoms with van der Waals surface area (Å²) in [6, 6.07) is 7.95. The van der Waals surface area contributed by atoms with Crippen LogP contribution >= 0.6 is 11.6 Å². The fraction of sp³-hybridized carbons (Fsp3) is 0.333. The molecule has 0 N–H and O–H groups in total. The van der Waals surface area contributed by atoms with Gasteiger partial charge in [0, 0.05) is 12.0 Å². The number of furan rings is 1.